The van der Waals surface area contributed by atoms with E-state index in [1.54, 1.807) is 0 Å². The van der Waals surface area contributed by atoms with Gasteiger partial charge in [0.25, 0.3) is 0 Å². The van der Waals surface area contributed by atoms with Crippen LogP contribution in [0.4, 0.5) is 0 Å². The van der Waals surface area contributed by atoms with Crippen LogP contribution in [0.5, 0.6) is 5.75 Å². The summed E-state index contributed by atoms with van der Waals surface area (Å²) in [5.41, 5.74) is 2.13. The first-order chi connectivity index (χ1) is 12.7. The van der Waals surface area contributed by atoms with E-state index >= 15 is 0 Å². The molecule has 2 aromatic rings. The molecule has 0 aliphatic heterocycles. The van der Waals surface area contributed by atoms with Crippen LogP contribution in [0.15, 0.2) is 42.5 Å². The number of hydrogen-bond donors (Lipinski definition) is 1. The third-order valence-corrected chi connectivity index (χ3v) is 4.42. The number of nitrogens with one attached hydrogen (secondary N) is 1. The lowest BCUT2D eigenvalue weighted by Gasteiger charge is -2.13. The normalized spacial score (nSPS) is 10.5. The molecule has 27 heavy (non-hydrogen) atoms. The molecular formula is C21H28Cl3NO2. The summed E-state index contributed by atoms with van der Waals surface area (Å²) >= 11 is 12.1. The van der Waals surface area contributed by atoms with E-state index in [4.69, 9.17) is 32.7 Å². The highest BCUT2D eigenvalue weighted by molar-refractivity contribution is 6.30. The topological polar surface area (TPSA) is 30.5 Å². The molecule has 0 aromatic heterocycles. The number of halogens is 3. The van der Waals surface area contributed by atoms with E-state index in [1.807, 2.05) is 42.5 Å². The lowest BCUT2D eigenvalue weighted by molar-refractivity contribution is 0.128. The standard InChI is InChI=1S/C21H27Cl2NO2.ClH/c1-2-3-12-25-13-4-11-24-15-18-14-20(23)9-10-21(18)26-16-17-5-7-19(22)8-6-17;/h5-10,14,24H,2-4,11-13,15-16H2,1H3;1H. The second-order valence-electron chi connectivity index (χ2n) is 6.16. The fourth-order valence-electron chi connectivity index (χ4n) is 2.44. The predicted molar refractivity (Wildman–Crippen MR) is 117 cm³/mol. The van der Waals surface area contributed by atoms with E-state index in [1.165, 1.54) is 6.42 Å². The quantitative estimate of drug-likeness (QED) is 0.400. The Morgan fingerprint density at radius 1 is 0.926 bits per heavy atom. The first-order valence-electron chi connectivity index (χ1n) is 9.13. The van der Waals surface area contributed by atoms with E-state index < -0.39 is 0 Å². The molecule has 2 aromatic carbocycles. The van der Waals surface area contributed by atoms with Crippen LogP contribution >= 0.6 is 35.6 Å². The number of unbranched alkanes of at least 4 members (excludes halogenated alkanes) is 1. The van der Waals surface area contributed by atoms with Gasteiger partial charge >= 0.3 is 0 Å². The molecule has 0 unspecified atom stereocenters. The zero-order chi connectivity index (χ0) is 18.6. The minimum atomic E-state index is 0. The fourth-order valence-corrected chi connectivity index (χ4v) is 2.76. The number of benzene rings is 2. The van der Waals surface area contributed by atoms with Crippen molar-refractivity contribution in [2.45, 2.75) is 39.3 Å². The first-order valence-corrected chi connectivity index (χ1v) is 9.88. The van der Waals surface area contributed by atoms with Crippen LogP contribution in [-0.4, -0.2) is 19.8 Å². The summed E-state index contributed by atoms with van der Waals surface area (Å²) in [4.78, 5) is 0. The Morgan fingerprint density at radius 3 is 2.37 bits per heavy atom. The molecule has 0 bridgehead atoms. The first kappa shape index (κ1) is 24.1. The van der Waals surface area contributed by atoms with Crippen molar-refractivity contribution in [2.24, 2.45) is 0 Å². The molecule has 0 fully saturated rings. The van der Waals surface area contributed by atoms with E-state index in [2.05, 4.69) is 12.2 Å². The summed E-state index contributed by atoms with van der Waals surface area (Å²) in [5.74, 6) is 0.844. The highest BCUT2D eigenvalue weighted by Crippen LogP contribution is 2.24. The maximum absolute atomic E-state index is 6.14. The van der Waals surface area contributed by atoms with Gasteiger partial charge in [0.05, 0.1) is 0 Å². The number of ether oxygens (including phenoxy) is 2. The van der Waals surface area contributed by atoms with Crippen LogP contribution in [0.2, 0.25) is 10.0 Å². The van der Waals surface area contributed by atoms with Crippen molar-refractivity contribution >= 4 is 35.6 Å². The molecule has 0 heterocycles. The zero-order valence-corrected chi connectivity index (χ0v) is 18.0. The van der Waals surface area contributed by atoms with Crippen LogP contribution < -0.4 is 10.1 Å². The maximum Gasteiger partial charge on any atom is 0.124 e. The van der Waals surface area contributed by atoms with Gasteiger partial charge in [0.2, 0.25) is 0 Å². The molecule has 150 valence electrons. The molecule has 0 amide bonds. The van der Waals surface area contributed by atoms with Crippen molar-refractivity contribution in [3.05, 3.63) is 63.6 Å². The number of rotatable bonds is 12. The van der Waals surface area contributed by atoms with Gasteiger partial charge in [0.1, 0.15) is 12.4 Å². The van der Waals surface area contributed by atoms with Gasteiger partial charge in [-0.15, -0.1) is 12.4 Å². The lowest BCUT2D eigenvalue weighted by atomic mass is 10.2. The Kier molecular flexibility index (Phi) is 12.6. The smallest absolute Gasteiger partial charge is 0.124 e. The highest BCUT2D eigenvalue weighted by atomic mass is 35.5. The van der Waals surface area contributed by atoms with Crippen LogP contribution in [0, 0.1) is 0 Å². The third kappa shape index (κ3) is 9.68. The third-order valence-electron chi connectivity index (χ3n) is 3.93. The summed E-state index contributed by atoms with van der Waals surface area (Å²) < 4.78 is 11.5. The highest BCUT2D eigenvalue weighted by Gasteiger charge is 2.06. The summed E-state index contributed by atoms with van der Waals surface area (Å²) in [6.07, 6.45) is 3.29. The van der Waals surface area contributed by atoms with Gasteiger partial charge in [0.15, 0.2) is 0 Å². The van der Waals surface area contributed by atoms with Gasteiger partial charge in [0, 0.05) is 35.4 Å². The summed E-state index contributed by atoms with van der Waals surface area (Å²) in [5, 5.41) is 4.87. The van der Waals surface area contributed by atoms with Crippen molar-refractivity contribution in [1.82, 2.24) is 5.32 Å². The molecular weight excluding hydrogens is 405 g/mol. The molecule has 6 heteroatoms. The van der Waals surface area contributed by atoms with Crippen LogP contribution in [0.25, 0.3) is 0 Å². The van der Waals surface area contributed by atoms with Gasteiger partial charge in [-0.25, -0.2) is 0 Å². The zero-order valence-electron chi connectivity index (χ0n) is 15.7. The largest absolute Gasteiger partial charge is 0.489 e. The van der Waals surface area contributed by atoms with Crippen molar-refractivity contribution in [3.8, 4) is 5.75 Å². The Balaban J connectivity index is 0.00000364. The Bertz CT molecular complexity index is 650. The monoisotopic (exact) mass is 431 g/mol. The molecule has 0 aliphatic carbocycles. The maximum atomic E-state index is 6.14. The fraction of sp³-hybridized carbons (Fsp3) is 0.429. The second-order valence-corrected chi connectivity index (χ2v) is 7.04. The molecule has 0 atom stereocenters. The van der Waals surface area contributed by atoms with Crippen molar-refractivity contribution in [2.75, 3.05) is 19.8 Å². The Labute approximate surface area is 178 Å². The second kappa shape index (κ2) is 14.1. The number of hydrogen-bond acceptors (Lipinski definition) is 3. The van der Waals surface area contributed by atoms with Gasteiger partial charge in [-0.2, -0.15) is 0 Å². The summed E-state index contributed by atoms with van der Waals surface area (Å²) in [6, 6.07) is 13.4. The van der Waals surface area contributed by atoms with Crippen molar-refractivity contribution in [1.29, 1.82) is 0 Å². The SMILES string of the molecule is CCCCOCCCNCc1cc(Cl)ccc1OCc1ccc(Cl)cc1.Cl. The minimum absolute atomic E-state index is 0. The van der Waals surface area contributed by atoms with Crippen LogP contribution in [-0.2, 0) is 17.9 Å². The van der Waals surface area contributed by atoms with Crippen LogP contribution in [0.3, 0.4) is 0 Å². The molecule has 0 saturated carbocycles. The molecule has 0 aliphatic rings. The van der Waals surface area contributed by atoms with E-state index in [-0.39, 0.29) is 12.4 Å². The molecule has 1 N–H and O–H groups in total. The summed E-state index contributed by atoms with van der Waals surface area (Å²) in [7, 11) is 0. The molecule has 0 saturated heterocycles. The molecule has 0 radical (unpaired) electrons. The Hall–Kier alpha value is -0.970. The van der Waals surface area contributed by atoms with E-state index in [0.29, 0.717) is 18.2 Å². The molecule has 0 spiro atoms. The average Bonchev–Trinajstić information content (AvgIpc) is 2.64. The van der Waals surface area contributed by atoms with Crippen molar-refractivity contribution < 1.29 is 9.47 Å². The Morgan fingerprint density at radius 2 is 1.63 bits per heavy atom. The van der Waals surface area contributed by atoms with Gasteiger partial charge in [-0.05, 0) is 55.3 Å². The van der Waals surface area contributed by atoms with E-state index in [9.17, 15) is 0 Å². The van der Waals surface area contributed by atoms with Gasteiger partial charge < -0.3 is 14.8 Å². The van der Waals surface area contributed by atoms with Crippen molar-refractivity contribution in [3.63, 3.8) is 0 Å². The van der Waals surface area contributed by atoms with Gasteiger partial charge in [-0.3, -0.25) is 0 Å². The average molecular weight is 433 g/mol. The predicted octanol–water partition coefficient (Wildman–Crippen LogP) is 6.29. The van der Waals surface area contributed by atoms with Gasteiger partial charge in [-0.1, -0.05) is 48.7 Å². The van der Waals surface area contributed by atoms with Crippen LogP contribution in [0.1, 0.15) is 37.3 Å². The molecule has 2 rings (SSSR count). The minimum Gasteiger partial charge on any atom is -0.489 e. The molecule has 3 nitrogen and oxygen atoms in total. The summed E-state index contributed by atoms with van der Waals surface area (Å²) in [6.45, 7) is 5.93. The van der Waals surface area contributed by atoms with E-state index in [0.717, 1.165) is 54.5 Å². The lowest BCUT2D eigenvalue weighted by Crippen LogP contribution is -2.17.